The lowest BCUT2D eigenvalue weighted by Gasteiger charge is -2.34. The Morgan fingerprint density at radius 3 is 2.43 bits per heavy atom. The van der Waals surface area contributed by atoms with Crippen LogP contribution in [-0.4, -0.2) is 74.0 Å². The second-order valence-electron chi connectivity index (χ2n) is 8.20. The topological polar surface area (TPSA) is 75.7 Å². The summed E-state index contributed by atoms with van der Waals surface area (Å²) in [6.07, 6.45) is 4.64. The molecule has 3 saturated heterocycles. The van der Waals surface area contributed by atoms with E-state index in [-0.39, 0.29) is 36.1 Å². The highest BCUT2D eigenvalue weighted by atomic mass is 32.2. The summed E-state index contributed by atoms with van der Waals surface area (Å²) in [6, 6.07) is 7.48. The number of hydrogen-bond acceptors (Lipinski definition) is 7. The van der Waals surface area contributed by atoms with E-state index in [1.54, 1.807) is 0 Å². The maximum Gasteiger partial charge on any atom is 0.258 e. The van der Waals surface area contributed by atoms with Gasteiger partial charge >= 0.3 is 0 Å². The molecule has 0 radical (unpaired) electrons. The van der Waals surface area contributed by atoms with E-state index in [2.05, 4.69) is 22.3 Å². The zero-order valence-electron chi connectivity index (χ0n) is 17.1. The molecular weight excluding hydrogens is 440 g/mol. The van der Waals surface area contributed by atoms with Crippen LogP contribution in [0.1, 0.15) is 35.8 Å². The molecule has 2 unspecified atom stereocenters. The first-order chi connectivity index (χ1) is 14.5. The molecule has 0 bridgehead atoms. The van der Waals surface area contributed by atoms with Gasteiger partial charge in [-0.05, 0) is 61.6 Å². The van der Waals surface area contributed by atoms with Crippen LogP contribution in [0.2, 0.25) is 0 Å². The van der Waals surface area contributed by atoms with Crippen molar-refractivity contribution in [3.8, 4) is 5.75 Å². The monoisotopic (exact) mass is 470 g/mol. The molecule has 1 N–H and O–H groups in total. The third kappa shape index (κ3) is 5.87. The number of likely N-dealkylation sites (tertiary alicyclic amines) is 1. The van der Waals surface area contributed by atoms with Gasteiger partial charge in [0.25, 0.3) is 5.91 Å². The first kappa shape index (κ1) is 22.3. The maximum absolute atomic E-state index is 12.5. The largest absolute Gasteiger partial charge is 0.484 e. The average molecular weight is 471 g/mol. The van der Waals surface area contributed by atoms with Crippen molar-refractivity contribution in [1.29, 1.82) is 0 Å². The lowest BCUT2D eigenvalue weighted by atomic mass is 10.0. The number of thioether (sulfide) groups is 2. The van der Waals surface area contributed by atoms with Crippen LogP contribution in [0.25, 0.3) is 0 Å². The molecule has 3 fully saturated rings. The first-order valence-corrected chi connectivity index (χ1v) is 14.6. The van der Waals surface area contributed by atoms with E-state index in [1.807, 2.05) is 35.7 Å². The van der Waals surface area contributed by atoms with Crippen molar-refractivity contribution in [2.75, 3.05) is 42.7 Å². The van der Waals surface area contributed by atoms with Crippen LogP contribution in [0.4, 0.5) is 0 Å². The molecule has 166 valence electrons. The Kier molecular flexibility index (Phi) is 7.54. The molecule has 0 aliphatic carbocycles. The molecule has 1 aromatic rings. The zero-order chi connectivity index (χ0) is 21.0. The minimum absolute atomic E-state index is 0.0192. The standard InChI is InChI=1S/C21H30N2O4S3/c24-20(13-27-17-7-5-16(6-8-17)21-28-11-4-12-29-21)22-18-14-30(25,26)15-19(18)23-9-2-1-3-10-23/h5-8,18-19,21H,1-4,9-15H2,(H,22,24). The average Bonchev–Trinajstić information content (AvgIpc) is 3.08. The van der Waals surface area contributed by atoms with Gasteiger partial charge in [-0.1, -0.05) is 18.6 Å². The number of carbonyl (C=O) groups excluding carboxylic acids is 1. The lowest BCUT2D eigenvalue weighted by Crippen LogP contribution is -2.53. The zero-order valence-corrected chi connectivity index (χ0v) is 19.6. The summed E-state index contributed by atoms with van der Waals surface area (Å²) in [4.78, 5) is 14.7. The fourth-order valence-corrected chi connectivity index (χ4v) is 9.22. The van der Waals surface area contributed by atoms with Crippen molar-refractivity contribution in [3.63, 3.8) is 0 Å². The Hall–Kier alpha value is -0.900. The molecule has 1 aromatic carbocycles. The number of rotatable bonds is 6. The highest BCUT2D eigenvalue weighted by Crippen LogP contribution is 2.43. The molecule has 4 rings (SSSR count). The van der Waals surface area contributed by atoms with Crippen molar-refractivity contribution < 1.29 is 17.9 Å². The number of carbonyl (C=O) groups is 1. The van der Waals surface area contributed by atoms with E-state index in [9.17, 15) is 13.2 Å². The molecular formula is C21H30N2O4S3. The third-order valence-electron chi connectivity index (χ3n) is 5.88. The molecule has 2 atom stereocenters. The number of nitrogens with one attached hydrogen (secondary N) is 1. The summed E-state index contributed by atoms with van der Waals surface area (Å²) in [7, 11) is -3.12. The summed E-state index contributed by atoms with van der Waals surface area (Å²) in [6.45, 7) is 1.72. The quantitative estimate of drug-likeness (QED) is 0.685. The summed E-state index contributed by atoms with van der Waals surface area (Å²) >= 11 is 3.95. The van der Waals surface area contributed by atoms with Crippen LogP contribution in [0.5, 0.6) is 5.75 Å². The SMILES string of the molecule is O=C(COc1ccc(C2SCCCS2)cc1)NC1CS(=O)(=O)CC1N1CCCCC1. The van der Waals surface area contributed by atoms with Crippen molar-refractivity contribution in [2.24, 2.45) is 0 Å². The van der Waals surface area contributed by atoms with Crippen molar-refractivity contribution in [1.82, 2.24) is 10.2 Å². The van der Waals surface area contributed by atoms with Crippen LogP contribution in [0.15, 0.2) is 24.3 Å². The summed E-state index contributed by atoms with van der Waals surface area (Å²) < 4.78 is 30.6. The number of benzene rings is 1. The molecule has 0 saturated carbocycles. The number of amides is 1. The minimum atomic E-state index is -3.12. The summed E-state index contributed by atoms with van der Waals surface area (Å²) in [5.41, 5.74) is 1.28. The van der Waals surface area contributed by atoms with Gasteiger partial charge in [0.05, 0.1) is 22.1 Å². The Morgan fingerprint density at radius 1 is 1.03 bits per heavy atom. The predicted molar refractivity (Wildman–Crippen MR) is 124 cm³/mol. The Morgan fingerprint density at radius 2 is 1.73 bits per heavy atom. The fraction of sp³-hybridized carbons (Fsp3) is 0.667. The van der Waals surface area contributed by atoms with E-state index in [4.69, 9.17) is 4.74 Å². The van der Waals surface area contributed by atoms with Crippen molar-refractivity contribution >= 4 is 39.3 Å². The van der Waals surface area contributed by atoms with E-state index < -0.39 is 9.84 Å². The van der Waals surface area contributed by atoms with Crippen LogP contribution in [-0.2, 0) is 14.6 Å². The molecule has 0 spiro atoms. The van der Waals surface area contributed by atoms with Crippen LogP contribution in [0, 0.1) is 0 Å². The van der Waals surface area contributed by atoms with Crippen molar-refractivity contribution in [3.05, 3.63) is 29.8 Å². The number of piperidine rings is 1. The van der Waals surface area contributed by atoms with Gasteiger partial charge < -0.3 is 10.1 Å². The smallest absolute Gasteiger partial charge is 0.258 e. The van der Waals surface area contributed by atoms with Crippen LogP contribution < -0.4 is 10.1 Å². The fourth-order valence-electron chi connectivity index (χ4n) is 4.38. The molecule has 9 heteroatoms. The number of ether oxygens (including phenoxy) is 1. The Labute approximate surface area is 187 Å². The first-order valence-electron chi connectivity index (χ1n) is 10.7. The minimum Gasteiger partial charge on any atom is -0.484 e. The Bertz CT molecular complexity index is 819. The van der Waals surface area contributed by atoms with E-state index in [1.165, 1.54) is 29.9 Å². The van der Waals surface area contributed by atoms with Crippen LogP contribution in [0.3, 0.4) is 0 Å². The Balaban J connectivity index is 1.29. The normalized spacial score (nSPS) is 27.6. The van der Waals surface area contributed by atoms with E-state index in [0.29, 0.717) is 10.3 Å². The van der Waals surface area contributed by atoms with Gasteiger partial charge in [-0.25, -0.2) is 8.42 Å². The molecule has 3 aliphatic rings. The second kappa shape index (κ2) is 10.1. The predicted octanol–water partition coefficient (Wildman–Crippen LogP) is 2.70. The molecule has 3 heterocycles. The lowest BCUT2D eigenvalue weighted by molar-refractivity contribution is -0.124. The van der Waals surface area contributed by atoms with E-state index >= 15 is 0 Å². The highest BCUT2D eigenvalue weighted by molar-refractivity contribution is 8.16. The molecule has 30 heavy (non-hydrogen) atoms. The molecule has 3 aliphatic heterocycles. The molecule has 6 nitrogen and oxygen atoms in total. The number of sulfone groups is 1. The van der Waals surface area contributed by atoms with Gasteiger partial charge in [0.2, 0.25) is 0 Å². The van der Waals surface area contributed by atoms with Gasteiger partial charge in [0, 0.05) is 6.04 Å². The van der Waals surface area contributed by atoms with Gasteiger partial charge in [0.15, 0.2) is 16.4 Å². The van der Waals surface area contributed by atoms with Crippen LogP contribution >= 0.6 is 23.5 Å². The maximum atomic E-state index is 12.5. The van der Waals surface area contributed by atoms with Crippen molar-refractivity contribution in [2.45, 2.75) is 42.3 Å². The number of hydrogen-bond donors (Lipinski definition) is 1. The van der Waals surface area contributed by atoms with Gasteiger partial charge in [-0.2, -0.15) is 0 Å². The third-order valence-corrected chi connectivity index (χ3v) is 10.6. The molecule has 0 aromatic heterocycles. The number of nitrogens with zero attached hydrogens (tertiary/aromatic N) is 1. The summed E-state index contributed by atoms with van der Waals surface area (Å²) in [5.74, 6) is 2.95. The van der Waals surface area contributed by atoms with Gasteiger partial charge in [-0.15, -0.1) is 23.5 Å². The van der Waals surface area contributed by atoms with E-state index in [0.717, 1.165) is 25.9 Å². The molecule has 1 amide bonds. The summed E-state index contributed by atoms with van der Waals surface area (Å²) in [5, 5.41) is 2.92. The van der Waals surface area contributed by atoms with Gasteiger partial charge in [-0.3, -0.25) is 9.69 Å². The second-order valence-corrected chi connectivity index (χ2v) is 13.1. The highest BCUT2D eigenvalue weighted by Gasteiger charge is 2.41. The van der Waals surface area contributed by atoms with Gasteiger partial charge in [0.1, 0.15) is 5.75 Å².